The molecule has 1 amide bonds. The summed E-state index contributed by atoms with van der Waals surface area (Å²) in [6.45, 7) is 0. The predicted octanol–water partition coefficient (Wildman–Crippen LogP) is -0.734. The van der Waals surface area contributed by atoms with Crippen molar-refractivity contribution in [3.05, 3.63) is 22.7 Å². The summed E-state index contributed by atoms with van der Waals surface area (Å²) in [6.07, 6.45) is 0.934. The lowest BCUT2D eigenvalue weighted by Crippen LogP contribution is -2.64. The molecule has 0 aromatic carbocycles. The van der Waals surface area contributed by atoms with Crippen LogP contribution in [0.3, 0.4) is 0 Å². The monoisotopic (exact) mass is 463 g/mol. The summed E-state index contributed by atoms with van der Waals surface area (Å²) in [5.74, 6) is -6.51. The Balaban J connectivity index is 1.90. The van der Waals surface area contributed by atoms with Crippen LogP contribution < -0.4 is 5.73 Å². The van der Waals surface area contributed by atoms with Crippen molar-refractivity contribution in [1.82, 2.24) is 9.80 Å². The number of carbonyl (C=O) groups is 3. The van der Waals surface area contributed by atoms with Gasteiger partial charge in [0.15, 0.2) is 17.2 Å². The predicted molar refractivity (Wildman–Crippen MR) is 117 cm³/mol. The first-order valence-electron chi connectivity index (χ1n) is 11.3. The number of amides is 1. The molecule has 8 atom stereocenters. The van der Waals surface area contributed by atoms with E-state index in [1.54, 1.807) is 14.1 Å². The van der Waals surface area contributed by atoms with Crippen molar-refractivity contribution in [2.45, 2.75) is 49.5 Å². The third kappa shape index (κ3) is 3.18. The summed E-state index contributed by atoms with van der Waals surface area (Å²) < 4.78 is 0. The zero-order valence-corrected chi connectivity index (χ0v) is 19.4. The molecule has 33 heavy (non-hydrogen) atoms. The minimum Gasteiger partial charge on any atom is -0.508 e. The number of rotatable bonds is 3. The Morgan fingerprint density at radius 1 is 1.00 bits per heavy atom. The van der Waals surface area contributed by atoms with Crippen molar-refractivity contribution < 1.29 is 34.8 Å². The van der Waals surface area contributed by atoms with E-state index in [2.05, 4.69) is 0 Å². The van der Waals surface area contributed by atoms with Gasteiger partial charge in [0.05, 0.1) is 18.1 Å². The number of fused-ring (bicyclic) bond motifs is 3. The number of allylic oxidation sites excluding steroid dienone is 1. The first kappa shape index (κ1) is 23.9. The fourth-order valence-electron chi connectivity index (χ4n) is 6.90. The Hall–Kier alpha value is -2.27. The number of Topliss-reactive ketones (excluding diaryl/α,β-unsaturated/α-hetero) is 2. The van der Waals surface area contributed by atoms with Gasteiger partial charge < -0.3 is 31.1 Å². The minimum atomic E-state index is -2.50. The van der Waals surface area contributed by atoms with E-state index in [0.717, 1.165) is 6.42 Å². The summed E-state index contributed by atoms with van der Waals surface area (Å²) in [7, 11) is 7.06. The van der Waals surface area contributed by atoms with Crippen LogP contribution in [0.1, 0.15) is 25.7 Å². The Kier molecular flexibility index (Phi) is 5.72. The molecule has 4 aliphatic carbocycles. The van der Waals surface area contributed by atoms with Gasteiger partial charge in [0, 0.05) is 17.5 Å². The summed E-state index contributed by atoms with van der Waals surface area (Å²) in [6, 6.07) is -0.967. The molecule has 10 heteroatoms. The Bertz CT molecular complexity index is 971. The van der Waals surface area contributed by atoms with Crippen molar-refractivity contribution in [2.75, 3.05) is 28.2 Å². The topological polar surface area (TPSA) is 165 Å². The van der Waals surface area contributed by atoms with Crippen molar-refractivity contribution in [3.63, 3.8) is 0 Å². The van der Waals surface area contributed by atoms with Gasteiger partial charge in [-0.25, -0.2) is 0 Å². The van der Waals surface area contributed by atoms with Gasteiger partial charge in [-0.05, 0) is 65.7 Å². The van der Waals surface area contributed by atoms with Crippen molar-refractivity contribution in [1.29, 1.82) is 0 Å². The molecule has 0 unspecified atom stereocenters. The number of nitrogens with two attached hydrogens (primary N) is 1. The number of carbonyl (C=O) groups excluding carboxylic acids is 3. The third-order valence-corrected chi connectivity index (χ3v) is 8.31. The number of ketones is 2. The van der Waals surface area contributed by atoms with Gasteiger partial charge in [-0.2, -0.15) is 0 Å². The number of hydrogen-bond acceptors (Lipinski definition) is 9. The average Bonchev–Trinajstić information content (AvgIpc) is 2.70. The minimum absolute atomic E-state index is 0.0318. The van der Waals surface area contributed by atoms with Gasteiger partial charge in [0.1, 0.15) is 17.1 Å². The van der Waals surface area contributed by atoms with E-state index >= 15 is 0 Å². The van der Waals surface area contributed by atoms with Gasteiger partial charge in [0.2, 0.25) is 0 Å². The van der Waals surface area contributed by atoms with Crippen LogP contribution in [-0.2, 0) is 14.4 Å². The van der Waals surface area contributed by atoms with Gasteiger partial charge >= 0.3 is 0 Å². The molecule has 0 aliphatic heterocycles. The van der Waals surface area contributed by atoms with E-state index in [1.807, 2.05) is 19.0 Å². The van der Waals surface area contributed by atoms with Crippen LogP contribution >= 0.6 is 0 Å². The van der Waals surface area contributed by atoms with Crippen LogP contribution in [0.5, 0.6) is 0 Å². The van der Waals surface area contributed by atoms with Crippen LogP contribution in [0.4, 0.5) is 0 Å². The van der Waals surface area contributed by atoms with Crippen LogP contribution in [0.25, 0.3) is 0 Å². The van der Waals surface area contributed by atoms with E-state index < -0.39 is 70.1 Å². The molecular weight excluding hydrogens is 430 g/mol. The van der Waals surface area contributed by atoms with Crippen molar-refractivity contribution in [2.24, 2.45) is 29.4 Å². The molecule has 0 heterocycles. The molecule has 4 aliphatic rings. The summed E-state index contributed by atoms with van der Waals surface area (Å²) in [4.78, 5) is 42.3. The highest BCUT2D eigenvalue weighted by Gasteiger charge is 2.64. The maximum absolute atomic E-state index is 13.6. The quantitative estimate of drug-likeness (QED) is 0.339. The Labute approximate surface area is 192 Å². The highest BCUT2D eigenvalue weighted by Crippen LogP contribution is 2.55. The molecule has 2 fully saturated rings. The molecule has 2 saturated carbocycles. The van der Waals surface area contributed by atoms with E-state index in [0.29, 0.717) is 12.8 Å². The molecule has 6 N–H and O–H groups in total. The summed E-state index contributed by atoms with van der Waals surface area (Å²) in [5, 5.41) is 44.4. The van der Waals surface area contributed by atoms with Crippen LogP contribution in [-0.4, -0.2) is 99.7 Å². The normalized spacial score (nSPS) is 41.3. The average molecular weight is 464 g/mol. The fourth-order valence-corrected chi connectivity index (χ4v) is 6.90. The second kappa shape index (κ2) is 7.90. The number of aliphatic hydroxyl groups excluding tert-OH is 3. The molecule has 0 saturated heterocycles. The largest absolute Gasteiger partial charge is 0.508 e. The van der Waals surface area contributed by atoms with E-state index in [1.165, 1.54) is 4.90 Å². The Morgan fingerprint density at radius 3 is 2.18 bits per heavy atom. The number of hydrogen-bond donors (Lipinski definition) is 5. The van der Waals surface area contributed by atoms with Gasteiger partial charge in [0.25, 0.3) is 5.91 Å². The molecule has 0 spiro atoms. The SMILES string of the molecule is CN(C)[C@@H]1CC[C@H](O)[C@@H]2C(=O)C3=C(O)[C@]4(O)C(O)=C(C(N)=O)C(=O)[C@@H](N(C)C)[C@@H]4C[C@@H]3C[C@@H]21. The molecule has 182 valence electrons. The molecule has 10 nitrogen and oxygen atoms in total. The summed E-state index contributed by atoms with van der Waals surface area (Å²) in [5.41, 5.74) is 2.03. The number of nitrogens with zero attached hydrogens (tertiary/aromatic N) is 2. The molecular formula is C23H33N3O7. The van der Waals surface area contributed by atoms with Gasteiger partial charge in [-0.15, -0.1) is 0 Å². The smallest absolute Gasteiger partial charge is 0.255 e. The van der Waals surface area contributed by atoms with E-state index in [-0.39, 0.29) is 24.0 Å². The van der Waals surface area contributed by atoms with Crippen LogP contribution in [0.2, 0.25) is 0 Å². The van der Waals surface area contributed by atoms with Crippen molar-refractivity contribution >= 4 is 17.5 Å². The lowest BCUT2D eigenvalue weighted by molar-refractivity contribution is -0.142. The van der Waals surface area contributed by atoms with Crippen LogP contribution in [0.15, 0.2) is 22.7 Å². The zero-order chi connectivity index (χ0) is 24.6. The number of aliphatic hydroxyl groups is 4. The van der Waals surface area contributed by atoms with Crippen LogP contribution in [0, 0.1) is 23.7 Å². The van der Waals surface area contributed by atoms with Gasteiger partial charge in [-0.3, -0.25) is 19.3 Å². The summed E-state index contributed by atoms with van der Waals surface area (Å²) >= 11 is 0. The first-order chi connectivity index (χ1) is 15.3. The highest BCUT2D eigenvalue weighted by molar-refractivity contribution is 6.22. The zero-order valence-electron chi connectivity index (χ0n) is 19.4. The number of likely N-dealkylation sites (N-methyl/N-ethyl adjacent to an activating group) is 1. The molecule has 0 aromatic rings. The van der Waals surface area contributed by atoms with Crippen molar-refractivity contribution in [3.8, 4) is 0 Å². The maximum Gasteiger partial charge on any atom is 0.255 e. The Morgan fingerprint density at radius 2 is 1.64 bits per heavy atom. The fraction of sp³-hybridized carbons (Fsp3) is 0.696. The molecule has 0 bridgehead atoms. The highest BCUT2D eigenvalue weighted by atomic mass is 16.4. The molecule has 4 rings (SSSR count). The van der Waals surface area contributed by atoms with Gasteiger partial charge in [-0.1, -0.05) is 0 Å². The maximum atomic E-state index is 13.6. The standard InChI is InChI=1S/C23H33N3O7/c1-25(2)12-5-6-13(27)15-10(12)7-9-8-11-17(26(3)4)19(29)16(22(24)32)21(31)23(11,33)20(30)14(9)18(15)28/h9-13,15,17,27,30-31,33H,5-8H2,1-4H3,(H2,24,32)/t9-,10+,11-,12+,13-,15+,17-,23-/m0/s1. The second-order valence-corrected chi connectivity index (χ2v) is 10.4. The lowest BCUT2D eigenvalue weighted by Gasteiger charge is -2.54. The molecule has 0 aromatic heterocycles. The lowest BCUT2D eigenvalue weighted by atomic mass is 9.54. The molecule has 0 radical (unpaired) electrons. The van der Waals surface area contributed by atoms with E-state index in [9.17, 15) is 34.8 Å². The first-order valence-corrected chi connectivity index (χ1v) is 11.3. The number of primary amides is 1. The van der Waals surface area contributed by atoms with E-state index in [4.69, 9.17) is 5.73 Å². The second-order valence-electron chi connectivity index (χ2n) is 10.4. The third-order valence-electron chi connectivity index (χ3n) is 8.31.